The Morgan fingerprint density at radius 2 is 1.71 bits per heavy atom. The number of rotatable bonds is 4. The van der Waals surface area contributed by atoms with Crippen LogP contribution in [-0.2, 0) is 4.79 Å². The molecule has 0 aromatic heterocycles. The summed E-state index contributed by atoms with van der Waals surface area (Å²) in [6, 6.07) is 10.7. The maximum absolute atomic E-state index is 13.9. The average Bonchev–Trinajstić information content (AvgIpc) is 2.93. The van der Waals surface area contributed by atoms with Crippen LogP contribution in [0.1, 0.15) is 16.8 Å². The number of carbonyl (C=O) groups is 2. The highest BCUT2D eigenvalue weighted by atomic mass is 35.5. The van der Waals surface area contributed by atoms with Crippen molar-refractivity contribution in [1.29, 1.82) is 0 Å². The van der Waals surface area contributed by atoms with Gasteiger partial charge in [0.25, 0.3) is 11.8 Å². The van der Waals surface area contributed by atoms with Crippen LogP contribution in [0.15, 0.2) is 42.5 Å². The molecule has 2 aromatic rings. The minimum absolute atomic E-state index is 0.0444. The van der Waals surface area contributed by atoms with Gasteiger partial charge in [-0.05, 0) is 36.8 Å². The maximum atomic E-state index is 13.9. The fourth-order valence-corrected chi connectivity index (χ4v) is 3.46. The number of carbonyl (C=O) groups excluding carboxylic acids is 2. The molecule has 0 spiro atoms. The fourth-order valence-electron chi connectivity index (χ4n) is 3.00. The van der Waals surface area contributed by atoms with Crippen molar-refractivity contribution >= 4 is 35.0 Å². The smallest absolute Gasteiger partial charge is 0.260 e. The second-order valence-corrected chi connectivity index (χ2v) is 7.21. The summed E-state index contributed by atoms with van der Waals surface area (Å²) in [6.07, 6.45) is 0.605. The predicted octanol–water partition coefficient (Wildman–Crippen LogP) is 3.89. The van der Waals surface area contributed by atoms with E-state index in [1.165, 1.54) is 12.1 Å². The monoisotopic (exact) mass is 424 g/mol. The first-order chi connectivity index (χ1) is 13.5. The van der Waals surface area contributed by atoms with E-state index in [1.54, 1.807) is 40.1 Å². The Labute approximate surface area is 172 Å². The fraction of sp³-hybridized carbons (Fsp3) is 0.300. The van der Waals surface area contributed by atoms with Crippen LogP contribution in [0.5, 0.6) is 5.75 Å². The average molecular weight is 425 g/mol. The highest BCUT2D eigenvalue weighted by Crippen LogP contribution is 2.27. The maximum Gasteiger partial charge on any atom is 0.260 e. The third-order valence-electron chi connectivity index (χ3n) is 4.49. The largest absolute Gasteiger partial charge is 0.482 e. The first-order valence-corrected chi connectivity index (χ1v) is 9.60. The highest BCUT2D eigenvalue weighted by molar-refractivity contribution is 6.35. The topological polar surface area (TPSA) is 49.9 Å². The number of benzene rings is 2. The second kappa shape index (κ2) is 9.26. The van der Waals surface area contributed by atoms with E-state index < -0.39 is 5.82 Å². The van der Waals surface area contributed by atoms with Gasteiger partial charge in [-0.15, -0.1) is 0 Å². The molecule has 0 aliphatic carbocycles. The van der Waals surface area contributed by atoms with E-state index in [1.807, 2.05) is 0 Å². The molecule has 3 rings (SSSR count). The van der Waals surface area contributed by atoms with Crippen LogP contribution in [0.2, 0.25) is 10.0 Å². The number of amides is 2. The molecule has 0 radical (unpaired) electrons. The molecule has 2 aromatic carbocycles. The van der Waals surface area contributed by atoms with Crippen molar-refractivity contribution in [1.82, 2.24) is 9.80 Å². The SMILES string of the molecule is O=C(COc1ccc(Cl)cc1Cl)N1CCCN(C(=O)c2ccccc2F)CC1. The van der Waals surface area contributed by atoms with Crippen LogP contribution in [-0.4, -0.2) is 54.4 Å². The minimum Gasteiger partial charge on any atom is -0.482 e. The van der Waals surface area contributed by atoms with E-state index in [9.17, 15) is 14.0 Å². The molecule has 1 fully saturated rings. The summed E-state index contributed by atoms with van der Waals surface area (Å²) in [7, 11) is 0. The molecule has 1 heterocycles. The van der Waals surface area contributed by atoms with Crippen LogP contribution in [0.3, 0.4) is 0 Å². The molecule has 28 heavy (non-hydrogen) atoms. The normalized spacial score (nSPS) is 14.5. The van der Waals surface area contributed by atoms with Crippen molar-refractivity contribution < 1.29 is 18.7 Å². The van der Waals surface area contributed by atoms with Gasteiger partial charge in [0.15, 0.2) is 6.61 Å². The molecule has 0 atom stereocenters. The summed E-state index contributed by atoms with van der Waals surface area (Å²) in [5.41, 5.74) is 0.0444. The summed E-state index contributed by atoms with van der Waals surface area (Å²) in [5, 5.41) is 0.814. The van der Waals surface area contributed by atoms with Crippen molar-refractivity contribution in [2.24, 2.45) is 0 Å². The first-order valence-electron chi connectivity index (χ1n) is 8.85. The molecule has 8 heteroatoms. The minimum atomic E-state index is -0.544. The molecule has 0 saturated carbocycles. The zero-order valence-corrected chi connectivity index (χ0v) is 16.5. The molecule has 2 amide bonds. The summed E-state index contributed by atoms with van der Waals surface area (Å²) >= 11 is 11.9. The number of ether oxygens (including phenoxy) is 1. The van der Waals surface area contributed by atoms with E-state index in [4.69, 9.17) is 27.9 Å². The molecule has 5 nitrogen and oxygen atoms in total. The highest BCUT2D eigenvalue weighted by Gasteiger charge is 2.24. The van der Waals surface area contributed by atoms with Gasteiger partial charge >= 0.3 is 0 Å². The van der Waals surface area contributed by atoms with Crippen molar-refractivity contribution in [3.63, 3.8) is 0 Å². The zero-order chi connectivity index (χ0) is 20.1. The van der Waals surface area contributed by atoms with E-state index in [-0.39, 0.29) is 24.0 Å². The summed E-state index contributed by atoms with van der Waals surface area (Å²) in [5.74, 6) is -0.730. The van der Waals surface area contributed by atoms with Gasteiger partial charge in [-0.3, -0.25) is 9.59 Å². The molecular formula is C20H19Cl2FN2O3. The molecular weight excluding hydrogens is 406 g/mol. The lowest BCUT2D eigenvalue weighted by atomic mass is 10.2. The molecule has 0 bridgehead atoms. The van der Waals surface area contributed by atoms with Crippen molar-refractivity contribution in [3.8, 4) is 5.75 Å². The van der Waals surface area contributed by atoms with E-state index in [0.29, 0.717) is 48.4 Å². The van der Waals surface area contributed by atoms with E-state index in [0.717, 1.165) is 0 Å². The van der Waals surface area contributed by atoms with Crippen molar-refractivity contribution in [2.45, 2.75) is 6.42 Å². The van der Waals surface area contributed by atoms with E-state index >= 15 is 0 Å². The van der Waals surface area contributed by atoms with Crippen molar-refractivity contribution in [3.05, 3.63) is 63.9 Å². The van der Waals surface area contributed by atoms with Crippen LogP contribution in [0.25, 0.3) is 0 Å². The van der Waals surface area contributed by atoms with Crippen LogP contribution < -0.4 is 4.74 Å². The quantitative estimate of drug-likeness (QED) is 0.747. The molecule has 0 N–H and O–H groups in total. The first kappa shape index (κ1) is 20.4. The number of halogens is 3. The van der Waals surface area contributed by atoms with Gasteiger partial charge in [-0.25, -0.2) is 4.39 Å². The molecule has 1 aliphatic heterocycles. The van der Waals surface area contributed by atoms with Crippen molar-refractivity contribution in [2.75, 3.05) is 32.8 Å². The molecule has 148 valence electrons. The Morgan fingerprint density at radius 3 is 2.46 bits per heavy atom. The van der Waals surface area contributed by atoms with Gasteiger partial charge in [0.1, 0.15) is 11.6 Å². The predicted molar refractivity (Wildman–Crippen MR) is 105 cm³/mol. The number of hydrogen-bond acceptors (Lipinski definition) is 3. The third-order valence-corrected chi connectivity index (χ3v) is 5.02. The van der Waals surface area contributed by atoms with E-state index in [2.05, 4.69) is 0 Å². The van der Waals surface area contributed by atoms with Crippen LogP contribution in [0.4, 0.5) is 4.39 Å². The molecule has 1 aliphatic rings. The van der Waals surface area contributed by atoms with Gasteiger partial charge in [-0.1, -0.05) is 35.3 Å². The third kappa shape index (κ3) is 4.94. The Bertz CT molecular complexity index is 878. The molecule has 1 saturated heterocycles. The number of hydrogen-bond donors (Lipinski definition) is 0. The van der Waals surface area contributed by atoms with Crippen LogP contribution in [0, 0.1) is 5.82 Å². The van der Waals surface area contributed by atoms with Gasteiger partial charge < -0.3 is 14.5 Å². The lowest BCUT2D eigenvalue weighted by Gasteiger charge is -2.22. The van der Waals surface area contributed by atoms with Gasteiger partial charge in [0, 0.05) is 31.2 Å². The molecule has 0 unspecified atom stereocenters. The Kier molecular flexibility index (Phi) is 6.75. The Balaban J connectivity index is 1.56. The standard InChI is InChI=1S/C20H19Cl2FN2O3/c21-14-6-7-18(16(22)12-14)28-13-19(26)24-8-3-9-25(11-10-24)20(27)15-4-1-2-5-17(15)23/h1-2,4-7,12H,3,8-11,13H2. The number of nitrogens with zero attached hydrogens (tertiary/aromatic N) is 2. The Morgan fingerprint density at radius 1 is 1.00 bits per heavy atom. The Hall–Kier alpha value is -2.31. The lowest BCUT2D eigenvalue weighted by molar-refractivity contribution is -0.133. The second-order valence-electron chi connectivity index (χ2n) is 6.37. The zero-order valence-electron chi connectivity index (χ0n) is 15.0. The summed E-state index contributed by atoms with van der Waals surface area (Å²) in [4.78, 5) is 28.2. The summed E-state index contributed by atoms with van der Waals surface area (Å²) in [6.45, 7) is 1.48. The lowest BCUT2D eigenvalue weighted by Crippen LogP contribution is -2.39. The summed E-state index contributed by atoms with van der Waals surface area (Å²) < 4.78 is 19.4. The van der Waals surface area contributed by atoms with Gasteiger partial charge in [0.05, 0.1) is 10.6 Å². The van der Waals surface area contributed by atoms with Gasteiger partial charge in [0.2, 0.25) is 0 Å². The van der Waals surface area contributed by atoms with Gasteiger partial charge in [-0.2, -0.15) is 0 Å². The van der Waals surface area contributed by atoms with Crippen LogP contribution >= 0.6 is 23.2 Å².